The summed E-state index contributed by atoms with van der Waals surface area (Å²) in [6.07, 6.45) is 10.0. The van der Waals surface area contributed by atoms with Crippen molar-refractivity contribution in [2.45, 2.75) is 96.5 Å². The Kier molecular flexibility index (Phi) is 7.15. The summed E-state index contributed by atoms with van der Waals surface area (Å²) in [5, 5.41) is 21.1. The molecule has 0 radical (unpaired) electrons. The van der Waals surface area contributed by atoms with Gasteiger partial charge in [-0.2, -0.15) is 0 Å². The Balaban J connectivity index is 1.40. The number of esters is 1. The molecule has 174 valence electrons. The van der Waals surface area contributed by atoms with Crippen molar-refractivity contribution in [3.63, 3.8) is 0 Å². The number of rotatable bonds is 6. The molecule has 0 saturated heterocycles. The molecule has 3 aliphatic rings. The number of unbranched alkanes of at least 4 members (excludes halogenated alkanes) is 2. The molecule has 0 unspecified atom stereocenters. The number of phenolic OH excluding ortho intramolecular Hbond substituents is 1. The zero-order chi connectivity index (χ0) is 22.7. The minimum absolute atomic E-state index is 0.0816. The molecule has 0 aromatic heterocycles. The first-order valence-electron chi connectivity index (χ1n) is 12.6. The van der Waals surface area contributed by atoms with Gasteiger partial charge < -0.3 is 14.9 Å². The van der Waals surface area contributed by atoms with Crippen LogP contribution in [0.25, 0.3) is 0 Å². The molecule has 0 heterocycles. The Morgan fingerprint density at radius 2 is 2.06 bits per heavy atom. The zero-order valence-corrected chi connectivity index (χ0v) is 19.7. The van der Waals surface area contributed by atoms with E-state index >= 15 is 0 Å². The molecule has 2 N–H and O–H groups in total. The molecule has 3 aliphatic carbocycles. The molecule has 4 rings (SSSR count). The number of aliphatic hydroxyl groups is 1. The number of aryl methyl sites for hydroxylation is 1. The molecule has 32 heavy (non-hydrogen) atoms. The summed E-state index contributed by atoms with van der Waals surface area (Å²) < 4.78 is 5.23. The molecule has 1 aromatic rings. The van der Waals surface area contributed by atoms with E-state index in [0.717, 1.165) is 51.4 Å². The number of aromatic hydroxyl groups is 1. The standard InChI is InChI=1S/C28H38O4/c1-3-4-9-27(31)32-16-7-5-6-8-20-17-23-19(18-25(20)29)10-11-22-21(23)14-15-28(2)24(22)12-13-26(28)30/h17-18,21-22,24,26,29-30H,3-5,7,9-16H2,1-2H3/t21-,22+,24-,26-,28-/m0/s1. The third-order valence-corrected chi connectivity index (χ3v) is 8.46. The average Bonchev–Trinajstić information content (AvgIpc) is 3.09. The van der Waals surface area contributed by atoms with Crippen molar-refractivity contribution in [3.05, 3.63) is 28.8 Å². The second kappa shape index (κ2) is 9.87. The first kappa shape index (κ1) is 23.2. The SMILES string of the molecule is CCCCC(=O)OCCCC#Cc1cc2c(cc1O)CC[C@@H]1[C@@H]2CC[C@]2(C)[C@@H](O)CC[C@@H]12. The van der Waals surface area contributed by atoms with E-state index in [9.17, 15) is 15.0 Å². The maximum Gasteiger partial charge on any atom is 0.305 e. The molecule has 5 atom stereocenters. The lowest BCUT2D eigenvalue weighted by molar-refractivity contribution is -0.143. The van der Waals surface area contributed by atoms with Crippen LogP contribution in [0, 0.1) is 29.1 Å². The molecular weight excluding hydrogens is 400 g/mol. The van der Waals surface area contributed by atoms with E-state index in [0.29, 0.717) is 49.2 Å². The summed E-state index contributed by atoms with van der Waals surface area (Å²) in [6, 6.07) is 4.07. The largest absolute Gasteiger partial charge is 0.507 e. The monoisotopic (exact) mass is 438 g/mol. The van der Waals surface area contributed by atoms with Crippen molar-refractivity contribution in [2.24, 2.45) is 17.3 Å². The number of benzene rings is 1. The van der Waals surface area contributed by atoms with Crippen molar-refractivity contribution in [3.8, 4) is 17.6 Å². The van der Waals surface area contributed by atoms with Crippen LogP contribution in [0.2, 0.25) is 0 Å². The minimum Gasteiger partial charge on any atom is -0.507 e. The van der Waals surface area contributed by atoms with Gasteiger partial charge in [-0.1, -0.05) is 32.1 Å². The maximum absolute atomic E-state index is 11.6. The van der Waals surface area contributed by atoms with Gasteiger partial charge in [0.05, 0.1) is 18.3 Å². The molecule has 0 spiro atoms. The Bertz CT molecular complexity index is 895. The molecule has 2 saturated carbocycles. The van der Waals surface area contributed by atoms with Crippen LogP contribution < -0.4 is 0 Å². The van der Waals surface area contributed by atoms with Crippen molar-refractivity contribution in [1.29, 1.82) is 0 Å². The van der Waals surface area contributed by atoms with Crippen LogP contribution in [0.1, 0.15) is 101 Å². The van der Waals surface area contributed by atoms with Gasteiger partial charge in [-0.3, -0.25) is 4.79 Å². The van der Waals surface area contributed by atoms with Crippen LogP contribution in [-0.4, -0.2) is 28.9 Å². The Morgan fingerprint density at radius 1 is 1.22 bits per heavy atom. The van der Waals surface area contributed by atoms with E-state index in [1.807, 2.05) is 6.07 Å². The van der Waals surface area contributed by atoms with Crippen LogP contribution >= 0.6 is 0 Å². The second-order valence-corrected chi connectivity index (χ2v) is 10.4. The molecule has 1 aromatic carbocycles. The highest BCUT2D eigenvalue weighted by Gasteiger charge is 2.54. The summed E-state index contributed by atoms with van der Waals surface area (Å²) in [7, 11) is 0. The molecule has 2 fully saturated rings. The quantitative estimate of drug-likeness (QED) is 0.351. The normalized spacial score (nSPS) is 30.5. The third-order valence-electron chi connectivity index (χ3n) is 8.46. The number of aliphatic hydroxyl groups excluding tert-OH is 1. The lowest BCUT2D eigenvalue weighted by Gasteiger charge is -2.50. The van der Waals surface area contributed by atoms with Gasteiger partial charge in [0.15, 0.2) is 0 Å². The van der Waals surface area contributed by atoms with Gasteiger partial charge in [-0.25, -0.2) is 0 Å². The van der Waals surface area contributed by atoms with Crippen molar-refractivity contribution >= 4 is 5.97 Å². The number of carbonyl (C=O) groups excluding carboxylic acids is 1. The van der Waals surface area contributed by atoms with Gasteiger partial charge in [-0.15, -0.1) is 0 Å². The van der Waals surface area contributed by atoms with Crippen molar-refractivity contribution in [1.82, 2.24) is 0 Å². The first-order chi connectivity index (χ1) is 15.4. The van der Waals surface area contributed by atoms with Crippen LogP contribution in [-0.2, 0) is 16.0 Å². The molecule has 0 aliphatic heterocycles. The van der Waals surface area contributed by atoms with Gasteiger partial charge in [-0.05, 0) is 97.8 Å². The molecular formula is C28H38O4. The zero-order valence-electron chi connectivity index (χ0n) is 19.7. The summed E-state index contributed by atoms with van der Waals surface area (Å²) in [5.74, 6) is 8.22. The fraction of sp³-hybridized carbons (Fsp3) is 0.679. The summed E-state index contributed by atoms with van der Waals surface area (Å²) >= 11 is 0. The lowest BCUT2D eigenvalue weighted by Crippen LogP contribution is -2.43. The van der Waals surface area contributed by atoms with Crippen LogP contribution in [0.4, 0.5) is 0 Å². The number of ether oxygens (including phenoxy) is 1. The highest BCUT2D eigenvalue weighted by molar-refractivity contribution is 5.69. The van der Waals surface area contributed by atoms with Gasteiger partial charge in [0.25, 0.3) is 0 Å². The summed E-state index contributed by atoms with van der Waals surface area (Å²) in [5.41, 5.74) is 3.44. The van der Waals surface area contributed by atoms with E-state index in [1.165, 1.54) is 11.1 Å². The number of phenols is 1. The highest BCUT2D eigenvalue weighted by atomic mass is 16.5. The van der Waals surface area contributed by atoms with Gasteiger partial charge in [0.1, 0.15) is 5.75 Å². The second-order valence-electron chi connectivity index (χ2n) is 10.4. The van der Waals surface area contributed by atoms with E-state index in [-0.39, 0.29) is 23.2 Å². The average molecular weight is 439 g/mol. The topological polar surface area (TPSA) is 66.8 Å². The van der Waals surface area contributed by atoms with Gasteiger partial charge in [0, 0.05) is 12.8 Å². The minimum atomic E-state index is -0.151. The first-order valence-corrected chi connectivity index (χ1v) is 12.6. The van der Waals surface area contributed by atoms with E-state index in [2.05, 4.69) is 31.8 Å². The Labute approximate surface area is 192 Å². The van der Waals surface area contributed by atoms with Crippen molar-refractivity contribution < 1.29 is 19.7 Å². The predicted molar refractivity (Wildman–Crippen MR) is 125 cm³/mol. The third kappa shape index (κ3) is 4.55. The Hall–Kier alpha value is -1.99. The van der Waals surface area contributed by atoms with E-state index in [4.69, 9.17) is 4.74 Å². The fourth-order valence-corrected chi connectivity index (χ4v) is 6.58. The number of fused-ring (bicyclic) bond motifs is 5. The molecule has 0 amide bonds. The van der Waals surface area contributed by atoms with Crippen LogP contribution in [0.15, 0.2) is 12.1 Å². The van der Waals surface area contributed by atoms with Crippen LogP contribution in [0.5, 0.6) is 5.75 Å². The molecule has 4 heteroatoms. The maximum atomic E-state index is 11.6. The lowest BCUT2D eigenvalue weighted by atomic mass is 9.55. The van der Waals surface area contributed by atoms with Crippen molar-refractivity contribution in [2.75, 3.05) is 6.61 Å². The van der Waals surface area contributed by atoms with E-state index < -0.39 is 0 Å². The highest BCUT2D eigenvalue weighted by Crippen LogP contribution is 2.61. The fourth-order valence-electron chi connectivity index (χ4n) is 6.58. The Morgan fingerprint density at radius 3 is 2.88 bits per heavy atom. The number of hydrogen-bond donors (Lipinski definition) is 2. The predicted octanol–water partition coefficient (Wildman–Crippen LogP) is 5.47. The van der Waals surface area contributed by atoms with Crippen LogP contribution in [0.3, 0.4) is 0 Å². The molecule has 0 bridgehead atoms. The van der Waals surface area contributed by atoms with Gasteiger partial charge >= 0.3 is 5.97 Å². The summed E-state index contributed by atoms with van der Waals surface area (Å²) in [6.45, 7) is 4.77. The smallest absolute Gasteiger partial charge is 0.305 e. The summed E-state index contributed by atoms with van der Waals surface area (Å²) in [4.78, 5) is 11.6. The number of hydrogen-bond acceptors (Lipinski definition) is 4. The van der Waals surface area contributed by atoms with E-state index in [1.54, 1.807) is 0 Å². The molecule has 4 nitrogen and oxygen atoms in total. The van der Waals surface area contributed by atoms with Gasteiger partial charge in [0.2, 0.25) is 0 Å². The number of carbonyl (C=O) groups is 1.